The number of ether oxygens (including phenoxy) is 1. The topological polar surface area (TPSA) is 90.9 Å². The maximum absolute atomic E-state index is 13.7. The van der Waals surface area contributed by atoms with Crippen LogP contribution in [0.15, 0.2) is 46.9 Å². The van der Waals surface area contributed by atoms with Gasteiger partial charge in [0.25, 0.3) is 11.6 Å². The second-order valence-corrected chi connectivity index (χ2v) is 9.49. The fourth-order valence-corrected chi connectivity index (χ4v) is 4.99. The molecule has 8 heteroatoms. The summed E-state index contributed by atoms with van der Waals surface area (Å²) in [6.45, 7) is 2.40. The molecule has 176 valence electrons. The molecular formula is C25H30BrN3O4. The molecule has 7 nitrogen and oxygen atoms in total. The smallest absolute Gasteiger partial charge is 0.329 e. The van der Waals surface area contributed by atoms with Gasteiger partial charge in [0.1, 0.15) is 5.75 Å². The number of carbonyl (C=O) groups excluding carboxylic acids is 2. The number of rotatable bonds is 5. The van der Waals surface area contributed by atoms with Crippen molar-refractivity contribution in [2.45, 2.75) is 63.6 Å². The average Bonchev–Trinajstić information content (AvgIpc) is 2.77. The maximum Gasteiger partial charge on any atom is 0.329 e. The summed E-state index contributed by atoms with van der Waals surface area (Å²) in [5.41, 5.74) is -1.11. The van der Waals surface area contributed by atoms with Gasteiger partial charge >= 0.3 is 6.03 Å². The van der Waals surface area contributed by atoms with E-state index in [2.05, 4.69) is 26.6 Å². The van der Waals surface area contributed by atoms with Crippen molar-refractivity contribution in [3.8, 4) is 5.75 Å². The summed E-state index contributed by atoms with van der Waals surface area (Å²) in [6.07, 6.45) is 7.31. The molecule has 3 N–H and O–H groups in total. The first kappa shape index (κ1) is 23.6. The third kappa shape index (κ3) is 4.87. The van der Waals surface area contributed by atoms with Crippen molar-refractivity contribution in [1.29, 1.82) is 0 Å². The molecule has 1 atom stereocenters. The summed E-state index contributed by atoms with van der Waals surface area (Å²) < 4.78 is 6.20. The summed E-state index contributed by atoms with van der Waals surface area (Å²) in [5.74, 6) is 0.0421. The second kappa shape index (κ2) is 10.1. The van der Waals surface area contributed by atoms with Crippen molar-refractivity contribution in [2.75, 3.05) is 16.8 Å². The molecule has 0 saturated heterocycles. The molecule has 1 aliphatic heterocycles. The van der Waals surface area contributed by atoms with E-state index < -0.39 is 17.7 Å². The molecule has 0 spiro atoms. The number of benzene rings is 2. The van der Waals surface area contributed by atoms with Crippen LogP contribution < -0.4 is 20.3 Å². The van der Waals surface area contributed by atoms with Gasteiger partial charge < -0.3 is 20.5 Å². The molecule has 33 heavy (non-hydrogen) atoms. The van der Waals surface area contributed by atoms with Crippen LogP contribution in [0.25, 0.3) is 0 Å². The van der Waals surface area contributed by atoms with E-state index in [0.29, 0.717) is 33.8 Å². The van der Waals surface area contributed by atoms with E-state index in [1.165, 1.54) is 6.42 Å². The van der Waals surface area contributed by atoms with Crippen molar-refractivity contribution < 1.29 is 19.4 Å². The number of aliphatic hydroxyl groups is 1. The SMILES string of the molecule is CCOc1ccc(N2C(=O)Nc3ccc(Br)cc3[C@@]2(O)C(=O)NC2CCCCCCC2)cc1. The highest BCUT2D eigenvalue weighted by molar-refractivity contribution is 9.10. The van der Waals surface area contributed by atoms with E-state index in [4.69, 9.17) is 4.74 Å². The van der Waals surface area contributed by atoms with Gasteiger partial charge in [-0.3, -0.25) is 9.69 Å². The molecular weight excluding hydrogens is 486 g/mol. The van der Waals surface area contributed by atoms with Gasteiger partial charge in [0.15, 0.2) is 0 Å². The van der Waals surface area contributed by atoms with E-state index in [1.54, 1.807) is 42.5 Å². The zero-order valence-corrected chi connectivity index (χ0v) is 20.4. The van der Waals surface area contributed by atoms with Crippen molar-refractivity contribution in [1.82, 2.24) is 5.32 Å². The fourth-order valence-electron chi connectivity index (χ4n) is 4.62. The van der Waals surface area contributed by atoms with Gasteiger partial charge in [-0.05, 0) is 62.2 Å². The Morgan fingerprint density at radius 3 is 2.48 bits per heavy atom. The van der Waals surface area contributed by atoms with Gasteiger partial charge in [0.2, 0.25) is 0 Å². The number of amides is 3. The van der Waals surface area contributed by atoms with Crippen molar-refractivity contribution in [3.05, 3.63) is 52.5 Å². The standard InChI is InChI=1S/C25H30BrN3O4/c1-2-33-20-13-11-19(12-14-20)29-24(31)28-22-15-10-17(26)16-21(22)25(29,32)23(30)27-18-8-6-4-3-5-7-9-18/h10-16,18,32H,2-9H2,1H3,(H,27,30)(H,28,31)/t25-/m1/s1. The van der Waals surface area contributed by atoms with Gasteiger partial charge in [-0.15, -0.1) is 0 Å². The normalized spacial score (nSPS) is 21.4. The van der Waals surface area contributed by atoms with Crippen LogP contribution in [-0.2, 0) is 10.5 Å². The van der Waals surface area contributed by atoms with Gasteiger partial charge in [0, 0.05) is 21.8 Å². The van der Waals surface area contributed by atoms with Crippen LogP contribution in [0.1, 0.15) is 57.4 Å². The lowest BCUT2D eigenvalue weighted by Gasteiger charge is -2.43. The first-order valence-electron chi connectivity index (χ1n) is 11.6. The minimum atomic E-state index is -2.21. The van der Waals surface area contributed by atoms with Crippen molar-refractivity contribution in [3.63, 3.8) is 0 Å². The van der Waals surface area contributed by atoms with Crippen LogP contribution in [0.3, 0.4) is 0 Å². The Kier molecular flexibility index (Phi) is 7.24. The highest BCUT2D eigenvalue weighted by Crippen LogP contribution is 2.41. The molecule has 0 aromatic heterocycles. The lowest BCUT2D eigenvalue weighted by molar-refractivity contribution is -0.141. The minimum absolute atomic E-state index is 0.0374. The van der Waals surface area contributed by atoms with E-state index in [1.807, 2.05) is 6.92 Å². The Bertz CT molecular complexity index is 1010. The lowest BCUT2D eigenvalue weighted by Crippen LogP contribution is -2.63. The molecule has 0 radical (unpaired) electrons. The molecule has 1 heterocycles. The maximum atomic E-state index is 13.7. The first-order valence-corrected chi connectivity index (χ1v) is 12.4. The number of hydrogen-bond acceptors (Lipinski definition) is 4. The number of urea groups is 1. The fraction of sp³-hybridized carbons (Fsp3) is 0.440. The van der Waals surface area contributed by atoms with E-state index >= 15 is 0 Å². The van der Waals surface area contributed by atoms with Crippen LogP contribution in [0.2, 0.25) is 0 Å². The number of fused-ring (bicyclic) bond motifs is 1. The van der Waals surface area contributed by atoms with Crippen LogP contribution in [-0.4, -0.2) is 29.7 Å². The van der Waals surface area contributed by atoms with Crippen molar-refractivity contribution >= 4 is 39.2 Å². The average molecular weight is 516 g/mol. The van der Waals surface area contributed by atoms with Gasteiger partial charge in [0.05, 0.1) is 12.3 Å². The van der Waals surface area contributed by atoms with E-state index in [-0.39, 0.29) is 6.04 Å². The van der Waals surface area contributed by atoms with Gasteiger partial charge in [-0.1, -0.05) is 48.0 Å². The number of nitrogens with zero attached hydrogens (tertiary/aromatic N) is 1. The van der Waals surface area contributed by atoms with Crippen LogP contribution >= 0.6 is 15.9 Å². The Hall–Kier alpha value is -2.58. The zero-order chi connectivity index (χ0) is 23.4. The van der Waals surface area contributed by atoms with E-state index in [9.17, 15) is 14.7 Å². The summed E-state index contributed by atoms with van der Waals surface area (Å²) in [4.78, 5) is 28.1. The molecule has 1 saturated carbocycles. The second-order valence-electron chi connectivity index (χ2n) is 8.57. The Balaban J connectivity index is 1.74. The molecule has 3 amide bonds. The Labute approximate surface area is 202 Å². The molecule has 0 unspecified atom stereocenters. The molecule has 2 aromatic rings. The lowest BCUT2D eigenvalue weighted by atomic mass is 9.92. The van der Waals surface area contributed by atoms with E-state index in [0.717, 1.165) is 43.4 Å². The minimum Gasteiger partial charge on any atom is -0.494 e. The number of halogens is 1. The highest BCUT2D eigenvalue weighted by Gasteiger charge is 2.52. The zero-order valence-electron chi connectivity index (χ0n) is 18.8. The van der Waals surface area contributed by atoms with Crippen LogP contribution in [0.5, 0.6) is 5.75 Å². The van der Waals surface area contributed by atoms with Gasteiger partial charge in [-0.2, -0.15) is 0 Å². The molecule has 1 fully saturated rings. The third-order valence-corrected chi connectivity index (χ3v) is 6.78. The molecule has 0 bridgehead atoms. The number of nitrogens with one attached hydrogen (secondary N) is 2. The van der Waals surface area contributed by atoms with Crippen molar-refractivity contribution in [2.24, 2.45) is 0 Å². The largest absolute Gasteiger partial charge is 0.494 e. The molecule has 2 aromatic carbocycles. The quantitative estimate of drug-likeness (QED) is 0.505. The van der Waals surface area contributed by atoms with Gasteiger partial charge in [-0.25, -0.2) is 4.79 Å². The number of anilines is 2. The predicted molar refractivity (Wildman–Crippen MR) is 131 cm³/mol. The van der Waals surface area contributed by atoms with Crippen LogP contribution in [0, 0.1) is 0 Å². The van der Waals surface area contributed by atoms with Crippen LogP contribution in [0.4, 0.5) is 16.2 Å². The summed E-state index contributed by atoms with van der Waals surface area (Å²) in [6, 6.07) is 11.3. The Morgan fingerprint density at radius 1 is 1.15 bits per heavy atom. The molecule has 1 aliphatic carbocycles. The molecule has 4 rings (SSSR count). The summed E-state index contributed by atoms with van der Waals surface area (Å²) in [5, 5.41) is 17.9. The summed E-state index contributed by atoms with van der Waals surface area (Å²) in [7, 11) is 0. The monoisotopic (exact) mass is 515 g/mol. The first-order chi connectivity index (χ1) is 15.9. The summed E-state index contributed by atoms with van der Waals surface area (Å²) >= 11 is 3.44. The Morgan fingerprint density at radius 2 is 1.82 bits per heavy atom. The third-order valence-electron chi connectivity index (χ3n) is 6.29. The molecule has 2 aliphatic rings. The number of hydrogen-bond donors (Lipinski definition) is 3. The predicted octanol–water partition coefficient (Wildman–Crippen LogP) is 5.27. The number of carbonyl (C=O) groups is 2. The highest BCUT2D eigenvalue weighted by atomic mass is 79.9.